The van der Waals surface area contributed by atoms with Crippen molar-refractivity contribution in [3.8, 4) is 5.82 Å². The van der Waals surface area contributed by atoms with Crippen LogP contribution in [-0.2, 0) is 24.2 Å². The van der Waals surface area contributed by atoms with E-state index in [1.165, 1.54) is 24.2 Å². The molecule has 0 atom stereocenters. The number of methoxy groups -OCH3 is 1. The zero-order valence-corrected chi connectivity index (χ0v) is 11.0. The normalized spacial score (nSPS) is 14.4. The van der Waals surface area contributed by atoms with Crippen molar-refractivity contribution in [2.45, 2.75) is 32.3 Å². The van der Waals surface area contributed by atoms with Crippen molar-refractivity contribution in [3.05, 3.63) is 29.6 Å². The summed E-state index contributed by atoms with van der Waals surface area (Å²) in [5, 5.41) is 0. The van der Waals surface area contributed by atoms with Crippen LogP contribution in [-0.4, -0.2) is 26.6 Å². The quantitative estimate of drug-likeness (QED) is 0.898. The average molecular weight is 259 g/mol. The largest absolute Gasteiger partial charge is 0.384 e. The molecule has 0 unspecified atom stereocenters. The fourth-order valence-corrected chi connectivity index (χ4v) is 2.49. The Labute approximate surface area is 111 Å². The van der Waals surface area contributed by atoms with Crippen LogP contribution in [0.1, 0.15) is 30.1 Å². The van der Waals surface area contributed by atoms with Crippen molar-refractivity contribution in [1.29, 1.82) is 0 Å². The van der Waals surface area contributed by atoms with Gasteiger partial charge >= 0.3 is 0 Å². The second-order valence-corrected chi connectivity index (χ2v) is 4.72. The summed E-state index contributed by atoms with van der Waals surface area (Å²) in [6.45, 7) is 0.356. The zero-order valence-electron chi connectivity index (χ0n) is 11.0. The van der Waals surface area contributed by atoms with E-state index < -0.39 is 0 Å². The Bertz CT molecular complexity index is 593. The van der Waals surface area contributed by atoms with Gasteiger partial charge in [-0.15, -0.1) is 0 Å². The molecular weight excluding hydrogens is 242 g/mol. The van der Waals surface area contributed by atoms with Gasteiger partial charge in [-0.25, -0.2) is 15.0 Å². The number of fused-ring (bicyclic) bond motifs is 1. The number of nitrogen functional groups attached to an aromatic ring is 1. The molecule has 0 saturated carbocycles. The standard InChI is InChI=1S/C13H17N5O/c1-19-7-12-16-11(14)6-13(17-12)18-8-15-9-4-2-3-5-10(9)18/h6,8H,2-5,7H2,1H3,(H2,14,16,17). The third kappa shape index (κ3) is 2.31. The van der Waals surface area contributed by atoms with E-state index in [4.69, 9.17) is 10.5 Å². The lowest BCUT2D eigenvalue weighted by Crippen LogP contribution is -2.10. The van der Waals surface area contributed by atoms with Crippen LogP contribution in [0.15, 0.2) is 12.4 Å². The van der Waals surface area contributed by atoms with Gasteiger partial charge in [0.1, 0.15) is 24.6 Å². The monoisotopic (exact) mass is 259 g/mol. The maximum atomic E-state index is 5.83. The number of rotatable bonds is 3. The van der Waals surface area contributed by atoms with Crippen LogP contribution >= 0.6 is 0 Å². The Kier molecular flexibility index (Phi) is 3.16. The highest BCUT2D eigenvalue weighted by molar-refractivity contribution is 5.39. The number of nitrogens with zero attached hydrogens (tertiary/aromatic N) is 4. The molecule has 6 heteroatoms. The first kappa shape index (κ1) is 12.1. The summed E-state index contributed by atoms with van der Waals surface area (Å²) in [5.41, 5.74) is 8.25. The smallest absolute Gasteiger partial charge is 0.158 e. The van der Waals surface area contributed by atoms with E-state index in [0.29, 0.717) is 18.2 Å². The summed E-state index contributed by atoms with van der Waals surface area (Å²) in [5.74, 6) is 1.82. The van der Waals surface area contributed by atoms with Crippen LogP contribution in [0.5, 0.6) is 0 Å². The fourth-order valence-electron chi connectivity index (χ4n) is 2.49. The first-order valence-corrected chi connectivity index (χ1v) is 6.46. The van der Waals surface area contributed by atoms with Crippen molar-refractivity contribution >= 4 is 5.82 Å². The van der Waals surface area contributed by atoms with Gasteiger partial charge in [-0.05, 0) is 25.7 Å². The molecule has 0 aliphatic heterocycles. The van der Waals surface area contributed by atoms with Crippen LogP contribution in [0.2, 0.25) is 0 Å². The van der Waals surface area contributed by atoms with E-state index in [1.807, 2.05) is 10.9 Å². The molecule has 2 aromatic heterocycles. The lowest BCUT2D eigenvalue weighted by atomic mass is 10.0. The van der Waals surface area contributed by atoms with Gasteiger partial charge in [-0.2, -0.15) is 0 Å². The predicted molar refractivity (Wildman–Crippen MR) is 70.9 cm³/mol. The highest BCUT2D eigenvalue weighted by Crippen LogP contribution is 2.22. The van der Waals surface area contributed by atoms with E-state index in [9.17, 15) is 0 Å². The average Bonchev–Trinajstić information content (AvgIpc) is 2.82. The Morgan fingerprint density at radius 1 is 1.32 bits per heavy atom. The highest BCUT2D eigenvalue weighted by Gasteiger charge is 2.17. The molecule has 3 rings (SSSR count). The van der Waals surface area contributed by atoms with Gasteiger partial charge in [-0.3, -0.25) is 4.57 Å². The number of nitrogens with two attached hydrogens (primary N) is 1. The van der Waals surface area contributed by atoms with Gasteiger partial charge in [0.25, 0.3) is 0 Å². The van der Waals surface area contributed by atoms with Crippen LogP contribution in [0.4, 0.5) is 5.82 Å². The van der Waals surface area contributed by atoms with E-state index in [1.54, 1.807) is 13.2 Å². The maximum absolute atomic E-state index is 5.83. The van der Waals surface area contributed by atoms with Crippen LogP contribution in [0, 0.1) is 0 Å². The molecule has 0 fully saturated rings. The molecule has 6 nitrogen and oxygen atoms in total. The topological polar surface area (TPSA) is 78.9 Å². The molecule has 0 spiro atoms. The first-order chi connectivity index (χ1) is 9.28. The van der Waals surface area contributed by atoms with E-state index in [-0.39, 0.29) is 0 Å². The number of hydrogen-bond acceptors (Lipinski definition) is 5. The third-order valence-corrected chi connectivity index (χ3v) is 3.33. The lowest BCUT2D eigenvalue weighted by molar-refractivity contribution is 0.178. The zero-order chi connectivity index (χ0) is 13.2. The van der Waals surface area contributed by atoms with Gasteiger partial charge in [-0.1, -0.05) is 0 Å². The Morgan fingerprint density at radius 2 is 2.16 bits per heavy atom. The van der Waals surface area contributed by atoms with Crippen LogP contribution < -0.4 is 5.73 Å². The SMILES string of the molecule is COCc1nc(N)cc(-n2cnc3c2CCCC3)n1. The molecule has 0 saturated heterocycles. The van der Waals surface area contributed by atoms with Crippen molar-refractivity contribution in [3.63, 3.8) is 0 Å². The minimum absolute atomic E-state index is 0.356. The van der Waals surface area contributed by atoms with Crippen molar-refractivity contribution in [2.24, 2.45) is 0 Å². The summed E-state index contributed by atoms with van der Waals surface area (Å²) in [6.07, 6.45) is 6.33. The number of anilines is 1. The molecule has 0 aromatic carbocycles. The molecule has 19 heavy (non-hydrogen) atoms. The fraction of sp³-hybridized carbons (Fsp3) is 0.462. The molecule has 1 aliphatic carbocycles. The number of hydrogen-bond donors (Lipinski definition) is 1. The van der Waals surface area contributed by atoms with Crippen LogP contribution in [0.3, 0.4) is 0 Å². The second kappa shape index (κ2) is 4.97. The first-order valence-electron chi connectivity index (χ1n) is 6.46. The van der Waals surface area contributed by atoms with E-state index in [0.717, 1.165) is 18.7 Å². The maximum Gasteiger partial charge on any atom is 0.158 e. The van der Waals surface area contributed by atoms with Gasteiger partial charge in [0.05, 0.1) is 5.69 Å². The molecule has 100 valence electrons. The highest BCUT2D eigenvalue weighted by atomic mass is 16.5. The number of imidazole rings is 1. The minimum atomic E-state index is 0.356. The molecule has 0 radical (unpaired) electrons. The molecule has 0 bridgehead atoms. The molecule has 2 aromatic rings. The summed E-state index contributed by atoms with van der Waals surface area (Å²) < 4.78 is 7.08. The van der Waals surface area contributed by atoms with Crippen LogP contribution in [0.25, 0.3) is 5.82 Å². The van der Waals surface area contributed by atoms with Gasteiger partial charge in [0, 0.05) is 18.9 Å². The third-order valence-electron chi connectivity index (χ3n) is 3.33. The van der Waals surface area contributed by atoms with E-state index >= 15 is 0 Å². The molecule has 2 N–H and O–H groups in total. The van der Waals surface area contributed by atoms with Crippen molar-refractivity contribution in [2.75, 3.05) is 12.8 Å². The molecule has 1 aliphatic rings. The van der Waals surface area contributed by atoms with Crippen molar-refractivity contribution < 1.29 is 4.74 Å². The van der Waals surface area contributed by atoms with Gasteiger partial charge < -0.3 is 10.5 Å². The number of ether oxygens (including phenoxy) is 1. The number of aryl methyl sites for hydroxylation is 1. The van der Waals surface area contributed by atoms with E-state index in [2.05, 4.69) is 15.0 Å². The second-order valence-electron chi connectivity index (χ2n) is 4.72. The summed E-state index contributed by atoms with van der Waals surface area (Å²) in [7, 11) is 1.62. The van der Waals surface area contributed by atoms with Crippen molar-refractivity contribution in [1.82, 2.24) is 19.5 Å². The Hall–Kier alpha value is -1.95. The summed E-state index contributed by atoms with van der Waals surface area (Å²) in [4.78, 5) is 13.1. The Balaban J connectivity index is 2.04. The minimum Gasteiger partial charge on any atom is -0.384 e. The summed E-state index contributed by atoms with van der Waals surface area (Å²) in [6, 6.07) is 1.77. The molecule has 0 amide bonds. The Morgan fingerprint density at radius 3 is 3.00 bits per heavy atom. The predicted octanol–water partition coefficient (Wildman–Crippen LogP) is 1.27. The number of aromatic nitrogens is 4. The summed E-state index contributed by atoms with van der Waals surface area (Å²) >= 11 is 0. The van der Waals surface area contributed by atoms with Gasteiger partial charge in [0.2, 0.25) is 0 Å². The van der Waals surface area contributed by atoms with Gasteiger partial charge in [0.15, 0.2) is 5.82 Å². The molecular formula is C13H17N5O. The lowest BCUT2D eigenvalue weighted by Gasteiger charge is -2.14. The molecule has 2 heterocycles.